The second kappa shape index (κ2) is 9.45. The van der Waals surface area contributed by atoms with E-state index in [9.17, 15) is 5.26 Å². The van der Waals surface area contributed by atoms with Crippen molar-refractivity contribution in [3.8, 4) is 6.07 Å². The number of thioether (sulfide) groups is 2. The minimum absolute atomic E-state index is 0.666. The maximum Gasteiger partial charge on any atom is 0.191 e. The highest BCUT2D eigenvalue weighted by Gasteiger charge is 2.13. The summed E-state index contributed by atoms with van der Waals surface area (Å²) in [4.78, 5) is 1.21. The van der Waals surface area contributed by atoms with Gasteiger partial charge in [-0.2, -0.15) is 5.26 Å². The van der Waals surface area contributed by atoms with Crippen LogP contribution in [0.15, 0.2) is 71.2 Å². The van der Waals surface area contributed by atoms with Gasteiger partial charge in [0.2, 0.25) is 0 Å². The molecule has 0 atom stereocenters. The lowest BCUT2D eigenvalue weighted by Crippen LogP contribution is -2.03. The van der Waals surface area contributed by atoms with Crippen molar-refractivity contribution in [3.63, 3.8) is 0 Å². The van der Waals surface area contributed by atoms with Crippen molar-refractivity contribution in [2.75, 3.05) is 0 Å². The maximum atomic E-state index is 9.25. The number of hydrogen-bond acceptors (Lipinski definition) is 5. The molecule has 0 radical (unpaired) electrons. The number of aromatic nitrogens is 3. The largest absolute Gasteiger partial charge is 0.301 e. The standard InChI is InChI=1S/C21H20N4S2/c1-3-12-25-20(15-26-19-10-8-16(2)9-11-19)23-24-21(25)27-14-18-7-5-4-6-17(18)13-22/h3-11H,1,12,14-15H2,2H3. The molecule has 0 aliphatic heterocycles. The minimum atomic E-state index is 0.666. The van der Waals surface area contributed by atoms with Gasteiger partial charge in [0.15, 0.2) is 5.16 Å². The molecule has 0 bridgehead atoms. The van der Waals surface area contributed by atoms with Crippen molar-refractivity contribution in [1.29, 1.82) is 5.26 Å². The molecule has 0 unspecified atom stereocenters. The van der Waals surface area contributed by atoms with Crippen molar-refractivity contribution in [2.45, 2.75) is 35.0 Å². The highest BCUT2D eigenvalue weighted by atomic mass is 32.2. The van der Waals surface area contributed by atoms with Crippen LogP contribution in [0.1, 0.15) is 22.5 Å². The van der Waals surface area contributed by atoms with E-state index in [-0.39, 0.29) is 0 Å². The van der Waals surface area contributed by atoms with Gasteiger partial charge in [-0.1, -0.05) is 53.7 Å². The molecule has 0 N–H and O–H groups in total. The molecular formula is C21H20N4S2. The maximum absolute atomic E-state index is 9.25. The van der Waals surface area contributed by atoms with Crippen LogP contribution in [0.2, 0.25) is 0 Å². The lowest BCUT2D eigenvalue weighted by Gasteiger charge is -2.08. The minimum Gasteiger partial charge on any atom is -0.301 e. The van der Waals surface area contributed by atoms with Gasteiger partial charge in [0.25, 0.3) is 0 Å². The third-order valence-corrected chi connectivity index (χ3v) is 6.01. The van der Waals surface area contributed by atoms with E-state index < -0.39 is 0 Å². The molecule has 1 heterocycles. The summed E-state index contributed by atoms with van der Waals surface area (Å²) in [5, 5.41) is 18.8. The van der Waals surface area contributed by atoms with Gasteiger partial charge in [0, 0.05) is 17.2 Å². The monoisotopic (exact) mass is 392 g/mol. The molecule has 1 aromatic heterocycles. The van der Waals surface area contributed by atoms with Gasteiger partial charge >= 0.3 is 0 Å². The molecule has 3 aromatic rings. The van der Waals surface area contributed by atoms with E-state index in [0.29, 0.717) is 17.9 Å². The highest BCUT2D eigenvalue weighted by Crippen LogP contribution is 2.27. The molecule has 0 aliphatic rings. The zero-order valence-corrected chi connectivity index (χ0v) is 16.8. The third kappa shape index (κ3) is 5.03. The molecule has 0 aliphatic carbocycles. The van der Waals surface area contributed by atoms with Crippen molar-refractivity contribution in [1.82, 2.24) is 14.8 Å². The fraction of sp³-hybridized carbons (Fsp3) is 0.190. The van der Waals surface area contributed by atoms with Gasteiger partial charge < -0.3 is 4.57 Å². The van der Waals surface area contributed by atoms with E-state index in [1.807, 2.05) is 30.3 Å². The molecule has 136 valence electrons. The Balaban J connectivity index is 1.71. The first-order valence-electron chi connectivity index (χ1n) is 8.54. The summed E-state index contributed by atoms with van der Waals surface area (Å²) in [5.41, 5.74) is 2.97. The highest BCUT2D eigenvalue weighted by molar-refractivity contribution is 7.98. The van der Waals surface area contributed by atoms with Crippen molar-refractivity contribution in [2.24, 2.45) is 0 Å². The van der Waals surface area contributed by atoms with Crippen LogP contribution < -0.4 is 0 Å². The van der Waals surface area contributed by atoms with E-state index in [1.54, 1.807) is 23.5 Å². The molecular weight excluding hydrogens is 372 g/mol. The lowest BCUT2D eigenvalue weighted by atomic mass is 10.1. The zero-order valence-electron chi connectivity index (χ0n) is 15.1. The van der Waals surface area contributed by atoms with Gasteiger partial charge in [0.05, 0.1) is 17.4 Å². The molecule has 6 heteroatoms. The van der Waals surface area contributed by atoms with Gasteiger partial charge in [-0.15, -0.1) is 28.5 Å². The van der Waals surface area contributed by atoms with E-state index in [4.69, 9.17) is 0 Å². The molecule has 3 rings (SSSR count). The second-order valence-electron chi connectivity index (χ2n) is 5.96. The van der Waals surface area contributed by atoms with Crippen LogP contribution in [0, 0.1) is 18.3 Å². The van der Waals surface area contributed by atoms with Gasteiger partial charge in [-0.3, -0.25) is 0 Å². The number of allylic oxidation sites excluding steroid dienone is 1. The fourth-order valence-electron chi connectivity index (χ4n) is 2.52. The smallest absolute Gasteiger partial charge is 0.191 e. The molecule has 0 fully saturated rings. The molecule has 2 aromatic carbocycles. The number of nitriles is 1. The summed E-state index contributed by atoms with van der Waals surface area (Å²) < 4.78 is 2.09. The Morgan fingerprint density at radius 3 is 2.59 bits per heavy atom. The van der Waals surface area contributed by atoms with Crippen LogP contribution in [0.4, 0.5) is 0 Å². The van der Waals surface area contributed by atoms with Crippen LogP contribution >= 0.6 is 23.5 Å². The first-order valence-corrected chi connectivity index (χ1v) is 10.5. The predicted octanol–water partition coefficient (Wildman–Crippen LogP) is 5.23. The summed E-state index contributed by atoms with van der Waals surface area (Å²) in [6, 6.07) is 18.4. The van der Waals surface area contributed by atoms with E-state index in [1.165, 1.54) is 10.5 Å². The first kappa shape index (κ1) is 19.3. The molecule has 0 saturated carbocycles. The van der Waals surface area contributed by atoms with Crippen LogP contribution in [-0.2, 0) is 18.1 Å². The van der Waals surface area contributed by atoms with Crippen LogP contribution in [0.25, 0.3) is 0 Å². The number of hydrogen-bond donors (Lipinski definition) is 0. The van der Waals surface area contributed by atoms with Gasteiger partial charge in [-0.25, -0.2) is 0 Å². The number of aryl methyl sites for hydroxylation is 1. The quantitative estimate of drug-likeness (QED) is 0.388. The molecule has 27 heavy (non-hydrogen) atoms. The summed E-state index contributed by atoms with van der Waals surface area (Å²) in [6.45, 7) is 6.61. The molecule has 0 amide bonds. The lowest BCUT2D eigenvalue weighted by molar-refractivity contribution is 0.700. The molecule has 0 saturated heterocycles. The van der Waals surface area contributed by atoms with E-state index in [0.717, 1.165) is 22.3 Å². The summed E-state index contributed by atoms with van der Waals surface area (Å²) in [5.74, 6) is 2.36. The van der Waals surface area contributed by atoms with Gasteiger partial charge in [0.1, 0.15) is 5.82 Å². The van der Waals surface area contributed by atoms with Crippen LogP contribution in [0.3, 0.4) is 0 Å². The molecule has 4 nitrogen and oxygen atoms in total. The number of nitrogens with zero attached hydrogens (tertiary/aromatic N) is 4. The Kier molecular flexibility index (Phi) is 6.74. The molecule has 0 spiro atoms. The van der Waals surface area contributed by atoms with Gasteiger partial charge in [-0.05, 0) is 30.7 Å². The normalized spacial score (nSPS) is 10.5. The third-order valence-electron chi connectivity index (χ3n) is 3.99. The SMILES string of the molecule is C=CCn1c(CSc2ccc(C)cc2)nnc1SCc1ccccc1C#N. The first-order chi connectivity index (χ1) is 13.2. The Morgan fingerprint density at radius 2 is 1.85 bits per heavy atom. The Hall–Kier alpha value is -2.49. The van der Waals surface area contributed by atoms with E-state index >= 15 is 0 Å². The average Bonchev–Trinajstić information content (AvgIpc) is 3.08. The summed E-state index contributed by atoms with van der Waals surface area (Å²) in [6.07, 6.45) is 1.86. The fourth-order valence-corrected chi connectivity index (χ4v) is 4.33. The van der Waals surface area contributed by atoms with Crippen molar-refractivity contribution < 1.29 is 0 Å². The number of benzene rings is 2. The topological polar surface area (TPSA) is 54.5 Å². The Bertz CT molecular complexity index is 955. The summed E-state index contributed by atoms with van der Waals surface area (Å²) >= 11 is 3.34. The van der Waals surface area contributed by atoms with Crippen LogP contribution in [-0.4, -0.2) is 14.8 Å². The van der Waals surface area contributed by atoms with Crippen molar-refractivity contribution >= 4 is 23.5 Å². The Labute approximate surface area is 168 Å². The second-order valence-corrected chi connectivity index (χ2v) is 7.95. The summed E-state index contributed by atoms with van der Waals surface area (Å²) in [7, 11) is 0. The van der Waals surface area contributed by atoms with Crippen molar-refractivity contribution in [3.05, 3.63) is 83.7 Å². The average molecular weight is 393 g/mol. The number of rotatable bonds is 8. The van der Waals surface area contributed by atoms with Crippen LogP contribution in [0.5, 0.6) is 0 Å². The Morgan fingerprint density at radius 1 is 1.07 bits per heavy atom. The zero-order chi connectivity index (χ0) is 19.1. The predicted molar refractivity (Wildman–Crippen MR) is 112 cm³/mol. The van der Waals surface area contributed by atoms with E-state index in [2.05, 4.69) is 58.6 Å².